The van der Waals surface area contributed by atoms with E-state index < -0.39 is 0 Å². The number of urea groups is 1. The van der Waals surface area contributed by atoms with E-state index in [4.69, 9.17) is 11.6 Å². The van der Waals surface area contributed by atoms with Crippen LogP contribution in [0.25, 0.3) is 0 Å². The number of rotatable bonds is 6. The molecule has 1 aromatic rings. The number of anilines is 1. The van der Waals surface area contributed by atoms with Crippen LogP contribution < -0.4 is 16.2 Å². The minimum Gasteiger partial charge on any atom is -0.381 e. The molecule has 1 heterocycles. The molecule has 1 rings (SSSR count). The van der Waals surface area contributed by atoms with E-state index in [0.29, 0.717) is 25.3 Å². The third-order valence-electron chi connectivity index (χ3n) is 2.41. The van der Waals surface area contributed by atoms with Gasteiger partial charge in [-0.3, -0.25) is 4.79 Å². The van der Waals surface area contributed by atoms with Crippen LogP contribution in [0.2, 0.25) is 5.02 Å². The van der Waals surface area contributed by atoms with Crippen LogP contribution in [-0.2, 0) is 6.54 Å². The van der Waals surface area contributed by atoms with Crippen LogP contribution in [-0.4, -0.2) is 47.9 Å². The fraction of sp³-hybridized carbons (Fsp3) is 0.417. The molecular formula is C12H18ClN5O2. The molecule has 7 nitrogen and oxygen atoms in total. The van der Waals surface area contributed by atoms with E-state index in [1.807, 2.05) is 0 Å². The Kier molecular flexibility index (Phi) is 6.05. The summed E-state index contributed by atoms with van der Waals surface area (Å²) in [5.41, 5.74) is 0.0602. The number of nitrogens with one attached hydrogen (secondary N) is 2. The number of aromatic nitrogens is 2. The van der Waals surface area contributed by atoms with Gasteiger partial charge in [0.1, 0.15) is 5.02 Å². The van der Waals surface area contributed by atoms with Crippen molar-refractivity contribution in [3.8, 4) is 0 Å². The highest BCUT2D eigenvalue weighted by Gasteiger charge is 2.08. The lowest BCUT2D eigenvalue weighted by molar-refractivity contribution is 0.218. The molecule has 20 heavy (non-hydrogen) atoms. The van der Waals surface area contributed by atoms with Crippen LogP contribution in [0, 0.1) is 0 Å². The number of carbonyl (C=O) groups is 1. The van der Waals surface area contributed by atoms with Gasteiger partial charge in [-0.1, -0.05) is 17.7 Å². The van der Waals surface area contributed by atoms with E-state index in [-0.39, 0.29) is 16.6 Å². The van der Waals surface area contributed by atoms with E-state index in [1.54, 1.807) is 20.2 Å². The van der Waals surface area contributed by atoms with Gasteiger partial charge in [0.25, 0.3) is 5.56 Å². The Morgan fingerprint density at radius 3 is 2.85 bits per heavy atom. The molecule has 0 aliphatic heterocycles. The number of halogens is 1. The molecule has 2 amide bonds. The molecule has 0 aliphatic rings. The van der Waals surface area contributed by atoms with Gasteiger partial charge in [-0.05, 0) is 0 Å². The minimum atomic E-state index is -0.381. The molecule has 0 spiro atoms. The number of hydrogen-bond acceptors (Lipinski definition) is 4. The first-order valence-electron chi connectivity index (χ1n) is 6.03. The Hall–Kier alpha value is -2.02. The smallest absolute Gasteiger partial charge is 0.316 e. The molecule has 0 saturated heterocycles. The first kappa shape index (κ1) is 16.0. The van der Waals surface area contributed by atoms with Crippen molar-refractivity contribution in [3.63, 3.8) is 0 Å². The standard InChI is InChI=1S/C12H18ClN5O2/c1-4-7-18-11(19)10(13)9(8-16-18)14-5-6-15-12(20)17(2)3/h4,8,14H,1,5-7H2,2-3H3,(H,15,20). The normalized spacial score (nSPS) is 9.95. The Balaban J connectivity index is 2.57. The van der Waals surface area contributed by atoms with Crippen molar-refractivity contribution in [3.05, 3.63) is 34.2 Å². The van der Waals surface area contributed by atoms with Crippen molar-refractivity contribution >= 4 is 23.3 Å². The predicted molar refractivity (Wildman–Crippen MR) is 79.3 cm³/mol. The van der Waals surface area contributed by atoms with Crippen molar-refractivity contribution in [1.82, 2.24) is 20.0 Å². The van der Waals surface area contributed by atoms with E-state index in [2.05, 4.69) is 22.3 Å². The number of nitrogens with zero attached hydrogens (tertiary/aromatic N) is 3. The largest absolute Gasteiger partial charge is 0.381 e. The first-order valence-corrected chi connectivity index (χ1v) is 6.40. The van der Waals surface area contributed by atoms with Gasteiger partial charge >= 0.3 is 6.03 Å². The predicted octanol–water partition coefficient (Wildman–Crippen LogP) is 0.766. The molecule has 8 heteroatoms. The summed E-state index contributed by atoms with van der Waals surface area (Å²) in [6.07, 6.45) is 3.04. The first-order chi connectivity index (χ1) is 9.47. The number of amides is 2. The molecule has 0 bridgehead atoms. The molecule has 0 aromatic carbocycles. The molecule has 0 atom stereocenters. The zero-order valence-electron chi connectivity index (χ0n) is 11.5. The quantitative estimate of drug-likeness (QED) is 0.600. The molecule has 1 aromatic heterocycles. The van der Waals surface area contributed by atoms with E-state index in [1.165, 1.54) is 15.8 Å². The maximum atomic E-state index is 11.8. The molecule has 0 aliphatic carbocycles. The Morgan fingerprint density at radius 2 is 2.25 bits per heavy atom. The summed E-state index contributed by atoms with van der Waals surface area (Å²) < 4.78 is 1.22. The second-order valence-corrected chi connectivity index (χ2v) is 4.58. The zero-order chi connectivity index (χ0) is 15.1. The highest BCUT2D eigenvalue weighted by Crippen LogP contribution is 2.14. The second-order valence-electron chi connectivity index (χ2n) is 4.20. The fourth-order valence-corrected chi connectivity index (χ4v) is 1.58. The summed E-state index contributed by atoms with van der Waals surface area (Å²) in [5, 5.41) is 9.66. The molecule has 0 unspecified atom stereocenters. The zero-order valence-corrected chi connectivity index (χ0v) is 12.3. The van der Waals surface area contributed by atoms with Gasteiger partial charge in [-0.15, -0.1) is 6.58 Å². The van der Waals surface area contributed by atoms with Gasteiger partial charge in [-0.25, -0.2) is 9.48 Å². The van der Waals surface area contributed by atoms with Crippen LogP contribution in [0.1, 0.15) is 0 Å². The summed E-state index contributed by atoms with van der Waals surface area (Å²) in [5.74, 6) is 0. The third kappa shape index (κ3) is 4.27. The fourth-order valence-electron chi connectivity index (χ4n) is 1.37. The van der Waals surface area contributed by atoms with E-state index in [9.17, 15) is 9.59 Å². The van der Waals surface area contributed by atoms with Gasteiger partial charge in [-0.2, -0.15) is 5.10 Å². The van der Waals surface area contributed by atoms with Crippen LogP contribution in [0.15, 0.2) is 23.6 Å². The average Bonchev–Trinajstić information content (AvgIpc) is 2.41. The van der Waals surface area contributed by atoms with Gasteiger partial charge in [0, 0.05) is 27.2 Å². The Labute approximate surface area is 122 Å². The van der Waals surface area contributed by atoms with Gasteiger partial charge < -0.3 is 15.5 Å². The highest BCUT2D eigenvalue weighted by atomic mass is 35.5. The van der Waals surface area contributed by atoms with Crippen molar-refractivity contribution < 1.29 is 4.79 Å². The summed E-state index contributed by atoms with van der Waals surface area (Å²) in [7, 11) is 3.31. The molecule has 110 valence electrons. The van der Waals surface area contributed by atoms with Gasteiger partial charge in [0.15, 0.2) is 0 Å². The average molecular weight is 300 g/mol. The van der Waals surface area contributed by atoms with Crippen molar-refractivity contribution in [1.29, 1.82) is 0 Å². The number of hydrogen-bond donors (Lipinski definition) is 2. The van der Waals surface area contributed by atoms with E-state index >= 15 is 0 Å². The van der Waals surface area contributed by atoms with Crippen LogP contribution in [0.3, 0.4) is 0 Å². The number of carbonyl (C=O) groups excluding carboxylic acids is 1. The second kappa shape index (κ2) is 7.54. The van der Waals surface area contributed by atoms with Crippen LogP contribution in [0.4, 0.5) is 10.5 Å². The lowest BCUT2D eigenvalue weighted by atomic mass is 10.4. The summed E-state index contributed by atoms with van der Waals surface area (Å²) in [6.45, 7) is 4.68. The minimum absolute atomic E-state index is 0.0702. The summed E-state index contributed by atoms with van der Waals surface area (Å²) in [4.78, 5) is 24.5. The van der Waals surface area contributed by atoms with Crippen LogP contribution >= 0.6 is 11.6 Å². The lowest BCUT2D eigenvalue weighted by Gasteiger charge is -2.13. The van der Waals surface area contributed by atoms with Crippen molar-refractivity contribution in [2.75, 3.05) is 32.5 Å². The topological polar surface area (TPSA) is 79.3 Å². The van der Waals surface area contributed by atoms with Gasteiger partial charge in [0.2, 0.25) is 0 Å². The van der Waals surface area contributed by atoms with Crippen molar-refractivity contribution in [2.45, 2.75) is 6.54 Å². The Morgan fingerprint density at radius 1 is 1.55 bits per heavy atom. The maximum Gasteiger partial charge on any atom is 0.316 e. The molecule has 0 saturated carbocycles. The maximum absolute atomic E-state index is 11.8. The van der Waals surface area contributed by atoms with Gasteiger partial charge in [0.05, 0.1) is 18.4 Å². The molecule has 0 fully saturated rings. The van der Waals surface area contributed by atoms with Crippen LogP contribution in [0.5, 0.6) is 0 Å². The van der Waals surface area contributed by atoms with E-state index in [0.717, 1.165) is 0 Å². The lowest BCUT2D eigenvalue weighted by Crippen LogP contribution is -2.37. The molecule has 2 N–H and O–H groups in total. The monoisotopic (exact) mass is 299 g/mol. The third-order valence-corrected chi connectivity index (χ3v) is 2.78. The van der Waals surface area contributed by atoms with Crippen molar-refractivity contribution in [2.24, 2.45) is 0 Å². The molecule has 0 radical (unpaired) electrons. The summed E-state index contributed by atoms with van der Waals surface area (Å²) in [6, 6.07) is -0.183. The summed E-state index contributed by atoms with van der Waals surface area (Å²) >= 11 is 5.96. The highest BCUT2D eigenvalue weighted by molar-refractivity contribution is 6.32. The SMILES string of the molecule is C=CCn1ncc(NCCNC(=O)N(C)C)c(Cl)c1=O. The number of allylic oxidation sites excluding steroid dienone is 1. The Bertz CT molecular complexity index is 541. The molecular weight excluding hydrogens is 282 g/mol.